The first-order valence-electron chi connectivity index (χ1n) is 5.57. The molecular weight excluding hydrogens is 229 g/mol. The van der Waals surface area contributed by atoms with Crippen molar-refractivity contribution in [2.45, 2.75) is 13.5 Å². The fraction of sp³-hybridized carbons (Fsp3) is 0.500. The summed E-state index contributed by atoms with van der Waals surface area (Å²) in [5, 5.41) is 3.04. The van der Waals surface area contributed by atoms with Crippen molar-refractivity contribution in [3.8, 4) is 0 Å². The maximum atomic E-state index is 12.9. The predicted molar refractivity (Wildman–Crippen MR) is 61.2 cm³/mol. The van der Waals surface area contributed by atoms with Gasteiger partial charge in [0.2, 0.25) is 0 Å². The molecule has 0 aliphatic rings. The fourth-order valence-electron chi connectivity index (χ4n) is 1.37. The minimum Gasteiger partial charge on any atom is -0.311 e. The fourth-order valence-corrected chi connectivity index (χ4v) is 1.37. The Hall–Kier alpha value is -1.07. The topological polar surface area (TPSA) is 15.3 Å². The van der Waals surface area contributed by atoms with Crippen molar-refractivity contribution in [2.24, 2.45) is 0 Å². The van der Waals surface area contributed by atoms with Crippen LogP contribution >= 0.6 is 0 Å². The summed E-state index contributed by atoms with van der Waals surface area (Å²) in [5.41, 5.74) is 0.403. The summed E-state index contributed by atoms with van der Waals surface area (Å²) in [6, 6.07) is 2.02. The zero-order valence-corrected chi connectivity index (χ0v) is 10.1. The monoisotopic (exact) mass is 246 g/mol. The Morgan fingerprint density at radius 1 is 1.18 bits per heavy atom. The molecule has 0 aromatic heterocycles. The lowest BCUT2D eigenvalue weighted by Gasteiger charge is -2.14. The molecule has 0 bridgehead atoms. The summed E-state index contributed by atoms with van der Waals surface area (Å²) < 4.78 is 38.4. The number of hydrogen-bond donors (Lipinski definition) is 1. The number of likely N-dealkylation sites (N-methyl/N-ethyl adjacent to an activating group) is 1. The van der Waals surface area contributed by atoms with E-state index in [2.05, 4.69) is 10.2 Å². The molecule has 0 aliphatic carbocycles. The van der Waals surface area contributed by atoms with Crippen LogP contribution in [0.4, 0.5) is 13.2 Å². The van der Waals surface area contributed by atoms with Gasteiger partial charge < -0.3 is 10.2 Å². The average molecular weight is 246 g/mol. The van der Waals surface area contributed by atoms with Gasteiger partial charge in [0.25, 0.3) is 0 Å². The molecule has 0 aliphatic heterocycles. The first kappa shape index (κ1) is 14.0. The van der Waals surface area contributed by atoms with Crippen molar-refractivity contribution in [1.29, 1.82) is 0 Å². The number of halogens is 3. The van der Waals surface area contributed by atoms with Gasteiger partial charge in [-0.05, 0) is 31.3 Å². The first-order valence-corrected chi connectivity index (χ1v) is 5.57. The van der Waals surface area contributed by atoms with E-state index in [4.69, 9.17) is 0 Å². The molecule has 1 rings (SSSR count). The van der Waals surface area contributed by atoms with Gasteiger partial charge in [-0.15, -0.1) is 0 Å². The summed E-state index contributed by atoms with van der Waals surface area (Å²) >= 11 is 0. The van der Waals surface area contributed by atoms with Crippen LogP contribution in [0.3, 0.4) is 0 Å². The van der Waals surface area contributed by atoms with Crippen LogP contribution < -0.4 is 5.32 Å². The molecule has 17 heavy (non-hydrogen) atoms. The second-order valence-electron chi connectivity index (χ2n) is 3.95. The maximum Gasteiger partial charge on any atom is 0.194 e. The van der Waals surface area contributed by atoms with Crippen LogP contribution in [-0.2, 0) is 6.54 Å². The molecule has 0 saturated heterocycles. The maximum absolute atomic E-state index is 12.9. The standard InChI is InChI=1S/C12H17F3N2/c1-3-17(2)5-4-16-8-9-6-10(13)12(15)11(14)7-9/h6-7,16H,3-5,8H2,1-2H3. The molecule has 1 aromatic rings. The van der Waals surface area contributed by atoms with Crippen molar-refractivity contribution in [2.75, 3.05) is 26.7 Å². The van der Waals surface area contributed by atoms with Crippen LogP contribution in [0.1, 0.15) is 12.5 Å². The van der Waals surface area contributed by atoms with Gasteiger partial charge in [-0.2, -0.15) is 0 Å². The number of hydrogen-bond acceptors (Lipinski definition) is 2. The Morgan fingerprint density at radius 2 is 1.76 bits per heavy atom. The summed E-state index contributed by atoms with van der Waals surface area (Å²) in [6.07, 6.45) is 0. The van der Waals surface area contributed by atoms with Gasteiger partial charge in [0.15, 0.2) is 17.5 Å². The van der Waals surface area contributed by atoms with E-state index in [1.54, 1.807) is 0 Å². The zero-order chi connectivity index (χ0) is 12.8. The average Bonchev–Trinajstić information content (AvgIpc) is 2.31. The predicted octanol–water partition coefficient (Wildman–Crippen LogP) is 2.15. The van der Waals surface area contributed by atoms with Crippen LogP contribution in [0.5, 0.6) is 0 Å². The molecule has 0 amide bonds. The highest BCUT2D eigenvalue weighted by molar-refractivity contribution is 5.19. The van der Waals surface area contributed by atoms with Gasteiger partial charge in [0, 0.05) is 19.6 Å². The highest BCUT2D eigenvalue weighted by Crippen LogP contribution is 2.13. The van der Waals surface area contributed by atoms with E-state index in [0.717, 1.165) is 25.2 Å². The third kappa shape index (κ3) is 4.36. The Kier molecular flexibility index (Phi) is 5.44. The molecule has 0 atom stereocenters. The lowest BCUT2D eigenvalue weighted by Crippen LogP contribution is -2.28. The van der Waals surface area contributed by atoms with Crippen molar-refractivity contribution < 1.29 is 13.2 Å². The highest BCUT2D eigenvalue weighted by atomic mass is 19.2. The molecule has 1 N–H and O–H groups in total. The van der Waals surface area contributed by atoms with Crippen molar-refractivity contribution in [3.63, 3.8) is 0 Å². The number of benzene rings is 1. The number of nitrogens with one attached hydrogen (secondary N) is 1. The molecular formula is C12H17F3N2. The molecule has 0 heterocycles. The molecule has 96 valence electrons. The summed E-state index contributed by atoms with van der Waals surface area (Å²) in [5.74, 6) is -3.71. The number of nitrogens with zero attached hydrogens (tertiary/aromatic N) is 1. The van der Waals surface area contributed by atoms with Crippen LogP contribution in [-0.4, -0.2) is 31.6 Å². The Labute approximate surface area is 99.4 Å². The van der Waals surface area contributed by atoms with Gasteiger partial charge in [-0.1, -0.05) is 6.92 Å². The van der Waals surface area contributed by atoms with E-state index < -0.39 is 17.5 Å². The van der Waals surface area contributed by atoms with Crippen molar-refractivity contribution in [3.05, 3.63) is 35.1 Å². The molecule has 0 radical (unpaired) electrons. The first-order chi connectivity index (χ1) is 8.04. The third-order valence-electron chi connectivity index (χ3n) is 2.58. The molecule has 0 fully saturated rings. The van der Waals surface area contributed by atoms with Crippen LogP contribution in [0.25, 0.3) is 0 Å². The summed E-state index contributed by atoms with van der Waals surface area (Å²) in [7, 11) is 1.99. The molecule has 1 aromatic carbocycles. The normalized spacial score (nSPS) is 11.2. The van der Waals surface area contributed by atoms with Gasteiger partial charge in [0.05, 0.1) is 0 Å². The second-order valence-corrected chi connectivity index (χ2v) is 3.95. The summed E-state index contributed by atoms with van der Waals surface area (Å²) in [4.78, 5) is 2.11. The van der Waals surface area contributed by atoms with Gasteiger partial charge in [0.1, 0.15) is 0 Å². The van der Waals surface area contributed by atoms with Crippen LogP contribution in [0, 0.1) is 17.5 Å². The third-order valence-corrected chi connectivity index (χ3v) is 2.58. The van der Waals surface area contributed by atoms with Gasteiger partial charge in [-0.25, -0.2) is 13.2 Å². The highest BCUT2D eigenvalue weighted by Gasteiger charge is 2.09. The zero-order valence-electron chi connectivity index (χ0n) is 10.1. The second kappa shape index (κ2) is 6.61. The Bertz CT molecular complexity index is 346. The number of rotatable bonds is 6. The molecule has 0 unspecified atom stereocenters. The largest absolute Gasteiger partial charge is 0.311 e. The van der Waals surface area contributed by atoms with E-state index in [1.165, 1.54) is 0 Å². The lowest BCUT2D eigenvalue weighted by atomic mass is 10.2. The van der Waals surface area contributed by atoms with E-state index in [1.807, 2.05) is 14.0 Å². The Balaban J connectivity index is 2.42. The lowest BCUT2D eigenvalue weighted by molar-refractivity contribution is 0.348. The van der Waals surface area contributed by atoms with Gasteiger partial charge in [-0.3, -0.25) is 0 Å². The van der Waals surface area contributed by atoms with Crippen LogP contribution in [0.2, 0.25) is 0 Å². The van der Waals surface area contributed by atoms with E-state index in [-0.39, 0.29) is 0 Å². The molecule has 5 heteroatoms. The van der Waals surface area contributed by atoms with E-state index >= 15 is 0 Å². The van der Waals surface area contributed by atoms with E-state index in [0.29, 0.717) is 18.7 Å². The molecule has 2 nitrogen and oxygen atoms in total. The van der Waals surface area contributed by atoms with Gasteiger partial charge >= 0.3 is 0 Å². The molecule has 0 spiro atoms. The minimum atomic E-state index is -1.42. The SMILES string of the molecule is CCN(C)CCNCc1cc(F)c(F)c(F)c1. The minimum absolute atomic E-state index is 0.325. The van der Waals surface area contributed by atoms with Crippen LogP contribution in [0.15, 0.2) is 12.1 Å². The Morgan fingerprint density at radius 3 is 2.29 bits per heavy atom. The smallest absolute Gasteiger partial charge is 0.194 e. The molecule has 0 saturated carbocycles. The summed E-state index contributed by atoms with van der Waals surface area (Å²) in [6.45, 7) is 4.88. The van der Waals surface area contributed by atoms with Crippen molar-refractivity contribution in [1.82, 2.24) is 10.2 Å². The quantitative estimate of drug-likeness (QED) is 0.611. The van der Waals surface area contributed by atoms with Crippen molar-refractivity contribution >= 4 is 0 Å². The van der Waals surface area contributed by atoms with E-state index in [9.17, 15) is 13.2 Å².